The van der Waals surface area contributed by atoms with Gasteiger partial charge in [-0.05, 0) is 49.6 Å². The molecule has 1 aliphatic heterocycles. The number of halogens is 2. The Morgan fingerprint density at radius 2 is 1.88 bits per heavy atom. The molecule has 8 heteroatoms. The van der Waals surface area contributed by atoms with Crippen LogP contribution in [0.3, 0.4) is 0 Å². The van der Waals surface area contributed by atoms with Crippen LogP contribution in [-0.2, 0) is 10.0 Å². The molecule has 1 saturated heterocycles. The topological polar surface area (TPSA) is 66.5 Å². The van der Waals surface area contributed by atoms with Crippen molar-refractivity contribution >= 4 is 33.2 Å². The van der Waals surface area contributed by atoms with Gasteiger partial charge in [-0.3, -0.25) is 9.52 Å². The number of aryl methyl sites for hydroxylation is 1. The van der Waals surface area contributed by atoms with Gasteiger partial charge >= 0.3 is 0 Å². The lowest BCUT2D eigenvalue weighted by molar-refractivity contribution is 0.0793. The third-order valence-corrected chi connectivity index (χ3v) is 5.94. The van der Waals surface area contributed by atoms with Crippen LogP contribution in [0.1, 0.15) is 28.8 Å². The van der Waals surface area contributed by atoms with Crippen molar-refractivity contribution in [2.75, 3.05) is 17.8 Å². The Morgan fingerprint density at radius 3 is 2.54 bits per heavy atom. The number of carbonyl (C=O) groups excluding carboxylic acids is 1. The van der Waals surface area contributed by atoms with Crippen molar-refractivity contribution in [1.82, 2.24) is 4.90 Å². The predicted molar refractivity (Wildman–Crippen MR) is 98.5 cm³/mol. The van der Waals surface area contributed by atoms with Gasteiger partial charge in [0, 0.05) is 18.1 Å². The molecule has 0 unspecified atom stereocenters. The van der Waals surface area contributed by atoms with Gasteiger partial charge in [0.05, 0.1) is 11.3 Å². The molecule has 0 atom stereocenters. The summed E-state index contributed by atoms with van der Waals surface area (Å²) >= 11 is 5.68. The first-order chi connectivity index (χ1) is 12.3. The van der Waals surface area contributed by atoms with E-state index in [0.29, 0.717) is 18.7 Å². The number of benzene rings is 2. The van der Waals surface area contributed by atoms with E-state index in [0.717, 1.165) is 25.0 Å². The highest BCUT2D eigenvalue weighted by Crippen LogP contribution is 2.27. The number of nitrogens with zero attached hydrogens (tertiary/aromatic N) is 1. The number of rotatable bonds is 4. The molecule has 0 bridgehead atoms. The van der Waals surface area contributed by atoms with Gasteiger partial charge in [-0.25, -0.2) is 12.8 Å². The first-order valence-corrected chi connectivity index (χ1v) is 10.0. The second-order valence-electron chi connectivity index (χ2n) is 6.18. The number of likely N-dealkylation sites (tertiary alicyclic amines) is 1. The molecular formula is C18H18ClFN2O3S. The van der Waals surface area contributed by atoms with Crippen molar-refractivity contribution in [3.63, 3.8) is 0 Å². The quantitative estimate of drug-likeness (QED) is 0.854. The molecule has 5 nitrogen and oxygen atoms in total. The Morgan fingerprint density at radius 1 is 1.19 bits per heavy atom. The molecule has 26 heavy (non-hydrogen) atoms. The predicted octanol–water partition coefficient (Wildman–Crippen LogP) is 3.82. The molecule has 1 fully saturated rings. The van der Waals surface area contributed by atoms with E-state index in [2.05, 4.69) is 4.72 Å². The zero-order valence-corrected chi connectivity index (χ0v) is 15.7. The standard InChI is InChI=1S/C18H18ClFN2O3S/c1-12-5-4-6-15(17(12)18(23)22-9-2-3-10-22)21-26(24,25)16-8-7-13(19)11-14(16)20/h4-8,11,21H,2-3,9-10H2,1H3. The Kier molecular flexibility index (Phi) is 5.20. The van der Waals surface area contributed by atoms with E-state index in [1.165, 1.54) is 12.1 Å². The fourth-order valence-corrected chi connectivity index (χ4v) is 4.30. The minimum absolute atomic E-state index is 0.0990. The van der Waals surface area contributed by atoms with Crippen molar-refractivity contribution in [3.05, 3.63) is 58.4 Å². The first-order valence-electron chi connectivity index (χ1n) is 8.16. The molecule has 1 heterocycles. The van der Waals surface area contributed by atoms with Crippen molar-refractivity contribution in [2.24, 2.45) is 0 Å². The summed E-state index contributed by atoms with van der Waals surface area (Å²) in [4.78, 5) is 14.0. The summed E-state index contributed by atoms with van der Waals surface area (Å²) in [5.41, 5.74) is 1.07. The van der Waals surface area contributed by atoms with Gasteiger partial charge in [-0.2, -0.15) is 0 Å². The molecule has 1 amide bonds. The smallest absolute Gasteiger partial charge is 0.264 e. The number of hydrogen-bond donors (Lipinski definition) is 1. The molecule has 0 radical (unpaired) electrons. The third kappa shape index (κ3) is 3.68. The van der Waals surface area contributed by atoms with Gasteiger partial charge in [0.2, 0.25) is 0 Å². The summed E-state index contributed by atoms with van der Waals surface area (Å²) in [5.74, 6) is -1.18. The zero-order chi connectivity index (χ0) is 18.9. The van der Waals surface area contributed by atoms with Crippen LogP contribution in [0.4, 0.5) is 10.1 Å². The molecule has 3 rings (SSSR count). The molecule has 0 aromatic heterocycles. The Hall–Kier alpha value is -2.12. The molecule has 2 aromatic rings. The summed E-state index contributed by atoms with van der Waals surface area (Å²) in [6, 6.07) is 8.21. The summed E-state index contributed by atoms with van der Waals surface area (Å²) in [5, 5.41) is 0.0990. The minimum Gasteiger partial charge on any atom is -0.339 e. The van der Waals surface area contributed by atoms with Crippen molar-refractivity contribution in [2.45, 2.75) is 24.7 Å². The summed E-state index contributed by atoms with van der Waals surface area (Å²) in [6.07, 6.45) is 1.85. The normalized spacial score (nSPS) is 14.5. The molecule has 1 N–H and O–H groups in total. The monoisotopic (exact) mass is 396 g/mol. The number of hydrogen-bond acceptors (Lipinski definition) is 3. The lowest BCUT2D eigenvalue weighted by Gasteiger charge is -2.20. The summed E-state index contributed by atoms with van der Waals surface area (Å²) < 4.78 is 41.6. The molecule has 138 valence electrons. The number of anilines is 1. The fraction of sp³-hybridized carbons (Fsp3) is 0.278. The molecule has 0 spiro atoms. The highest BCUT2D eigenvalue weighted by molar-refractivity contribution is 7.92. The van der Waals surface area contributed by atoms with Gasteiger partial charge in [-0.1, -0.05) is 23.7 Å². The molecule has 0 saturated carbocycles. The molecular weight excluding hydrogens is 379 g/mol. The summed E-state index contributed by atoms with van der Waals surface area (Å²) in [6.45, 7) is 3.03. The van der Waals surface area contributed by atoms with E-state index in [-0.39, 0.29) is 22.2 Å². The number of nitrogens with one attached hydrogen (secondary N) is 1. The van der Waals surface area contributed by atoms with Gasteiger partial charge in [0.1, 0.15) is 10.7 Å². The van der Waals surface area contributed by atoms with Crippen LogP contribution in [0.25, 0.3) is 0 Å². The maximum Gasteiger partial charge on any atom is 0.264 e. The summed E-state index contributed by atoms with van der Waals surface area (Å²) in [7, 11) is -4.21. The maximum absolute atomic E-state index is 14.1. The van der Waals surface area contributed by atoms with Crippen LogP contribution in [0.2, 0.25) is 5.02 Å². The van der Waals surface area contributed by atoms with E-state index >= 15 is 0 Å². The Balaban J connectivity index is 1.99. The average Bonchev–Trinajstić information content (AvgIpc) is 3.08. The van der Waals surface area contributed by atoms with Crippen LogP contribution in [-0.4, -0.2) is 32.3 Å². The van der Waals surface area contributed by atoms with E-state index in [9.17, 15) is 17.6 Å². The number of amides is 1. The highest BCUT2D eigenvalue weighted by Gasteiger charge is 2.26. The van der Waals surface area contributed by atoms with E-state index < -0.39 is 20.7 Å². The minimum atomic E-state index is -4.21. The van der Waals surface area contributed by atoms with E-state index in [1.807, 2.05) is 0 Å². The largest absolute Gasteiger partial charge is 0.339 e. The van der Waals surface area contributed by atoms with Crippen LogP contribution in [0, 0.1) is 12.7 Å². The maximum atomic E-state index is 14.1. The number of carbonyl (C=O) groups is 1. The van der Waals surface area contributed by atoms with Crippen LogP contribution >= 0.6 is 11.6 Å². The SMILES string of the molecule is Cc1cccc(NS(=O)(=O)c2ccc(Cl)cc2F)c1C(=O)N1CCCC1. The van der Waals surface area contributed by atoms with Gasteiger partial charge in [0.25, 0.3) is 15.9 Å². The lowest BCUT2D eigenvalue weighted by atomic mass is 10.1. The number of sulfonamides is 1. The van der Waals surface area contributed by atoms with E-state index in [4.69, 9.17) is 11.6 Å². The van der Waals surface area contributed by atoms with Crippen molar-refractivity contribution in [1.29, 1.82) is 0 Å². The van der Waals surface area contributed by atoms with E-state index in [1.54, 1.807) is 24.0 Å². The average molecular weight is 397 g/mol. The second-order valence-corrected chi connectivity index (χ2v) is 8.26. The van der Waals surface area contributed by atoms with Crippen molar-refractivity contribution in [3.8, 4) is 0 Å². The first kappa shape index (κ1) is 18.7. The second kappa shape index (κ2) is 7.25. The molecule has 1 aliphatic rings. The Bertz CT molecular complexity index is 957. The fourth-order valence-electron chi connectivity index (χ4n) is 3.01. The van der Waals surface area contributed by atoms with Crippen LogP contribution < -0.4 is 4.72 Å². The Labute approximate surface area is 156 Å². The lowest BCUT2D eigenvalue weighted by Crippen LogP contribution is -2.29. The van der Waals surface area contributed by atoms with Crippen molar-refractivity contribution < 1.29 is 17.6 Å². The zero-order valence-electron chi connectivity index (χ0n) is 14.1. The highest BCUT2D eigenvalue weighted by atomic mass is 35.5. The van der Waals surface area contributed by atoms with Gasteiger partial charge < -0.3 is 4.90 Å². The third-order valence-electron chi connectivity index (χ3n) is 4.31. The van der Waals surface area contributed by atoms with Gasteiger partial charge in [-0.15, -0.1) is 0 Å². The van der Waals surface area contributed by atoms with Crippen LogP contribution in [0.5, 0.6) is 0 Å². The van der Waals surface area contributed by atoms with Crippen LogP contribution in [0.15, 0.2) is 41.3 Å². The molecule has 0 aliphatic carbocycles. The van der Waals surface area contributed by atoms with Gasteiger partial charge in [0.15, 0.2) is 0 Å². The molecule has 2 aromatic carbocycles.